The monoisotopic (exact) mass is 488 g/mol. The SMILES string of the molecule is CCCC1=C(C(=O)OC)C(c2ccc(OCc3ccc(Br)cc3)c(OC)c2)NC(=O)N1. The molecule has 1 unspecified atom stereocenters. The molecule has 31 heavy (non-hydrogen) atoms. The first kappa shape index (κ1) is 22.7. The Morgan fingerprint density at radius 2 is 1.84 bits per heavy atom. The molecule has 164 valence electrons. The molecule has 0 saturated heterocycles. The minimum absolute atomic E-state index is 0.365. The van der Waals surface area contributed by atoms with Gasteiger partial charge in [-0.05, 0) is 41.8 Å². The van der Waals surface area contributed by atoms with E-state index >= 15 is 0 Å². The summed E-state index contributed by atoms with van der Waals surface area (Å²) in [7, 11) is 2.87. The Morgan fingerprint density at radius 1 is 1.10 bits per heavy atom. The molecule has 1 atom stereocenters. The van der Waals surface area contributed by atoms with Gasteiger partial charge in [-0.2, -0.15) is 0 Å². The van der Waals surface area contributed by atoms with E-state index in [-0.39, 0.29) is 6.03 Å². The van der Waals surface area contributed by atoms with Gasteiger partial charge in [-0.1, -0.05) is 47.5 Å². The van der Waals surface area contributed by atoms with E-state index in [2.05, 4.69) is 26.6 Å². The normalized spacial score (nSPS) is 15.7. The zero-order valence-corrected chi connectivity index (χ0v) is 19.2. The van der Waals surface area contributed by atoms with Crippen LogP contribution in [0.5, 0.6) is 11.5 Å². The summed E-state index contributed by atoms with van der Waals surface area (Å²) >= 11 is 3.42. The van der Waals surface area contributed by atoms with Crippen LogP contribution in [0, 0.1) is 0 Å². The molecule has 8 heteroatoms. The zero-order chi connectivity index (χ0) is 22.4. The topological polar surface area (TPSA) is 85.9 Å². The molecule has 0 aliphatic carbocycles. The third kappa shape index (κ3) is 5.38. The molecule has 7 nitrogen and oxygen atoms in total. The summed E-state index contributed by atoms with van der Waals surface area (Å²) in [6.45, 7) is 2.35. The molecule has 0 saturated carbocycles. The number of methoxy groups -OCH3 is 2. The van der Waals surface area contributed by atoms with E-state index in [1.807, 2.05) is 37.3 Å². The largest absolute Gasteiger partial charge is 0.493 e. The number of carbonyl (C=O) groups is 2. The van der Waals surface area contributed by atoms with Gasteiger partial charge in [-0.3, -0.25) is 0 Å². The van der Waals surface area contributed by atoms with Crippen LogP contribution < -0.4 is 20.1 Å². The summed E-state index contributed by atoms with van der Waals surface area (Å²) in [4.78, 5) is 24.7. The van der Waals surface area contributed by atoms with Crippen molar-refractivity contribution in [3.63, 3.8) is 0 Å². The van der Waals surface area contributed by atoms with Crippen molar-refractivity contribution in [2.24, 2.45) is 0 Å². The lowest BCUT2D eigenvalue weighted by Gasteiger charge is -2.29. The average Bonchev–Trinajstić information content (AvgIpc) is 2.78. The molecule has 0 bridgehead atoms. The Balaban J connectivity index is 1.90. The van der Waals surface area contributed by atoms with E-state index in [4.69, 9.17) is 14.2 Å². The van der Waals surface area contributed by atoms with Gasteiger partial charge in [0.15, 0.2) is 11.5 Å². The summed E-state index contributed by atoms with van der Waals surface area (Å²) in [6, 6.07) is 12.2. The van der Waals surface area contributed by atoms with Crippen LogP contribution in [0.3, 0.4) is 0 Å². The van der Waals surface area contributed by atoms with Gasteiger partial charge in [0.1, 0.15) is 6.61 Å². The number of esters is 1. The maximum atomic E-state index is 12.5. The van der Waals surface area contributed by atoms with Gasteiger partial charge >= 0.3 is 12.0 Å². The number of nitrogens with one attached hydrogen (secondary N) is 2. The first-order valence-electron chi connectivity index (χ1n) is 9.90. The summed E-state index contributed by atoms with van der Waals surface area (Å²) < 4.78 is 17.4. The number of rotatable bonds is 8. The van der Waals surface area contributed by atoms with Crippen molar-refractivity contribution >= 4 is 27.9 Å². The Morgan fingerprint density at radius 3 is 2.48 bits per heavy atom. The van der Waals surface area contributed by atoms with Crippen LogP contribution in [0.15, 0.2) is 58.2 Å². The van der Waals surface area contributed by atoms with Crippen LogP contribution in [0.2, 0.25) is 0 Å². The van der Waals surface area contributed by atoms with Crippen LogP contribution in [0.25, 0.3) is 0 Å². The lowest BCUT2D eigenvalue weighted by molar-refractivity contribution is -0.136. The number of urea groups is 1. The Bertz CT molecular complexity index is 988. The minimum Gasteiger partial charge on any atom is -0.493 e. The number of amides is 2. The van der Waals surface area contributed by atoms with Crippen molar-refractivity contribution in [1.29, 1.82) is 0 Å². The molecule has 2 N–H and O–H groups in total. The molecular formula is C23H25BrN2O5. The molecule has 1 aliphatic heterocycles. The first-order valence-corrected chi connectivity index (χ1v) is 10.7. The van der Waals surface area contributed by atoms with E-state index in [0.29, 0.717) is 41.4 Å². The first-order chi connectivity index (χ1) is 15.0. The highest BCUT2D eigenvalue weighted by Crippen LogP contribution is 2.35. The molecule has 1 aliphatic rings. The lowest BCUT2D eigenvalue weighted by atomic mass is 9.93. The van der Waals surface area contributed by atoms with Gasteiger partial charge in [0.2, 0.25) is 0 Å². The fourth-order valence-electron chi connectivity index (χ4n) is 3.39. The van der Waals surface area contributed by atoms with Gasteiger partial charge in [0.25, 0.3) is 0 Å². The lowest BCUT2D eigenvalue weighted by Crippen LogP contribution is -2.45. The average molecular weight is 489 g/mol. The van der Waals surface area contributed by atoms with Crippen molar-refractivity contribution in [1.82, 2.24) is 10.6 Å². The standard InChI is InChI=1S/C23H25BrN2O5/c1-4-5-17-20(22(27)30-3)21(26-23(28)25-17)15-8-11-18(19(12-15)29-2)31-13-14-6-9-16(24)10-7-14/h6-12,21H,4-5,13H2,1-3H3,(H2,25,26,28). The highest BCUT2D eigenvalue weighted by Gasteiger charge is 2.33. The molecule has 2 amide bonds. The Hall–Kier alpha value is -3.00. The smallest absolute Gasteiger partial charge is 0.337 e. The molecule has 0 fully saturated rings. The van der Waals surface area contributed by atoms with Gasteiger partial charge in [-0.15, -0.1) is 0 Å². The maximum Gasteiger partial charge on any atom is 0.337 e. The third-order valence-electron chi connectivity index (χ3n) is 4.89. The molecule has 2 aromatic carbocycles. The van der Waals surface area contributed by atoms with Crippen LogP contribution in [0.1, 0.15) is 36.9 Å². The molecule has 0 aromatic heterocycles. The van der Waals surface area contributed by atoms with Crippen molar-refractivity contribution in [3.05, 3.63) is 69.3 Å². The molecule has 0 radical (unpaired) electrons. The number of benzene rings is 2. The third-order valence-corrected chi connectivity index (χ3v) is 5.42. The van der Waals surface area contributed by atoms with E-state index in [1.54, 1.807) is 19.2 Å². The van der Waals surface area contributed by atoms with E-state index in [1.165, 1.54) is 7.11 Å². The van der Waals surface area contributed by atoms with Crippen molar-refractivity contribution in [2.75, 3.05) is 14.2 Å². The Labute approximate surface area is 189 Å². The van der Waals surface area contributed by atoms with Crippen LogP contribution >= 0.6 is 15.9 Å². The van der Waals surface area contributed by atoms with Crippen LogP contribution in [-0.2, 0) is 16.1 Å². The minimum atomic E-state index is -0.655. The van der Waals surface area contributed by atoms with Crippen molar-refractivity contribution < 1.29 is 23.8 Å². The number of ether oxygens (including phenoxy) is 3. The highest BCUT2D eigenvalue weighted by molar-refractivity contribution is 9.10. The number of hydrogen-bond acceptors (Lipinski definition) is 5. The number of carbonyl (C=O) groups excluding carboxylic acids is 2. The number of hydrogen-bond donors (Lipinski definition) is 2. The number of allylic oxidation sites excluding steroid dienone is 1. The van der Waals surface area contributed by atoms with Crippen LogP contribution in [-0.4, -0.2) is 26.2 Å². The Kier molecular flexibility index (Phi) is 7.57. The predicted molar refractivity (Wildman–Crippen MR) is 120 cm³/mol. The second kappa shape index (κ2) is 10.3. The molecular weight excluding hydrogens is 464 g/mol. The van der Waals surface area contributed by atoms with E-state index < -0.39 is 12.0 Å². The quantitative estimate of drug-likeness (QED) is 0.529. The van der Waals surface area contributed by atoms with Crippen LogP contribution in [0.4, 0.5) is 4.79 Å². The molecule has 0 spiro atoms. The highest BCUT2D eigenvalue weighted by atomic mass is 79.9. The number of halogens is 1. The second-order valence-electron chi connectivity index (χ2n) is 6.99. The summed E-state index contributed by atoms with van der Waals surface area (Å²) in [6.07, 6.45) is 1.33. The zero-order valence-electron chi connectivity index (χ0n) is 17.7. The van der Waals surface area contributed by atoms with Crippen molar-refractivity contribution in [2.45, 2.75) is 32.4 Å². The fraction of sp³-hybridized carbons (Fsp3) is 0.304. The summed E-state index contributed by atoms with van der Waals surface area (Å²) in [5.41, 5.74) is 2.66. The van der Waals surface area contributed by atoms with Gasteiger partial charge < -0.3 is 24.8 Å². The van der Waals surface area contributed by atoms with E-state index in [0.717, 1.165) is 16.5 Å². The van der Waals surface area contributed by atoms with Gasteiger partial charge in [0, 0.05) is 10.2 Å². The fourth-order valence-corrected chi connectivity index (χ4v) is 3.66. The van der Waals surface area contributed by atoms with Crippen molar-refractivity contribution in [3.8, 4) is 11.5 Å². The van der Waals surface area contributed by atoms with Gasteiger partial charge in [0.05, 0.1) is 25.8 Å². The second-order valence-corrected chi connectivity index (χ2v) is 7.91. The molecule has 2 aromatic rings. The summed E-state index contributed by atoms with van der Waals surface area (Å²) in [5.74, 6) is 0.575. The summed E-state index contributed by atoms with van der Waals surface area (Å²) in [5, 5.41) is 5.54. The predicted octanol–water partition coefficient (Wildman–Crippen LogP) is 4.62. The van der Waals surface area contributed by atoms with Gasteiger partial charge in [-0.25, -0.2) is 9.59 Å². The van der Waals surface area contributed by atoms with E-state index in [9.17, 15) is 9.59 Å². The molecule has 3 rings (SSSR count). The maximum absolute atomic E-state index is 12.5. The molecule has 1 heterocycles.